The first-order valence-corrected chi connectivity index (χ1v) is 9.30. The molecule has 1 heteroatoms. The first-order chi connectivity index (χ1) is 11.9. The first kappa shape index (κ1) is 14.0. The van der Waals surface area contributed by atoms with Crippen molar-refractivity contribution in [2.75, 3.05) is 0 Å². The Kier molecular flexibility index (Phi) is 3.11. The van der Waals surface area contributed by atoms with Crippen LogP contribution in [0.1, 0.15) is 5.56 Å². The number of rotatable bonds is 2. The van der Waals surface area contributed by atoms with Gasteiger partial charge in [-0.3, -0.25) is 0 Å². The topological polar surface area (TPSA) is 0 Å². The normalized spacial score (nSPS) is 11.7. The highest BCUT2D eigenvalue weighted by atomic mass is 79.9. The van der Waals surface area contributed by atoms with E-state index in [2.05, 4.69) is 94.8 Å². The van der Waals surface area contributed by atoms with Crippen molar-refractivity contribution in [1.82, 2.24) is 0 Å². The minimum atomic E-state index is 0.866. The highest BCUT2D eigenvalue weighted by molar-refractivity contribution is 9.08. The molecule has 0 heterocycles. The second-order valence-electron chi connectivity index (χ2n) is 6.26. The van der Waals surface area contributed by atoms with Gasteiger partial charge in [-0.25, -0.2) is 0 Å². The van der Waals surface area contributed by atoms with Crippen molar-refractivity contribution in [3.63, 3.8) is 0 Å². The van der Waals surface area contributed by atoms with Crippen molar-refractivity contribution in [3.05, 3.63) is 84.4 Å². The maximum atomic E-state index is 3.64. The molecule has 5 aromatic rings. The standard InChI is InChI=1S/C23H15Br/c24-14-18-4-1-2-7-19(18)20-12-10-17-9-8-15-5-3-6-16-11-13-21(20)23(17)22(15)16/h1-13H,14H2. The zero-order valence-electron chi connectivity index (χ0n) is 13.1. The average Bonchev–Trinajstić information content (AvgIpc) is 2.66. The van der Waals surface area contributed by atoms with Crippen molar-refractivity contribution >= 4 is 48.2 Å². The fourth-order valence-electron chi connectivity index (χ4n) is 3.87. The summed E-state index contributed by atoms with van der Waals surface area (Å²) in [6.45, 7) is 0. The molecule has 0 aliphatic heterocycles. The van der Waals surface area contributed by atoms with Gasteiger partial charge in [0.05, 0.1) is 0 Å². The average molecular weight is 371 g/mol. The van der Waals surface area contributed by atoms with Crippen molar-refractivity contribution in [2.24, 2.45) is 0 Å². The van der Waals surface area contributed by atoms with Gasteiger partial charge in [-0.2, -0.15) is 0 Å². The Morgan fingerprint density at radius 1 is 0.542 bits per heavy atom. The molecule has 0 fully saturated rings. The molecule has 0 atom stereocenters. The van der Waals surface area contributed by atoms with E-state index in [9.17, 15) is 0 Å². The van der Waals surface area contributed by atoms with Crippen LogP contribution in [0.15, 0.2) is 78.9 Å². The number of hydrogen-bond donors (Lipinski definition) is 0. The van der Waals surface area contributed by atoms with Crippen molar-refractivity contribution in [2.45, 2.75) is 5.33 Å². The van der Waals surface area contributed by atoms with Gasteiger partial charge in [0.1, 0.15) is 0 Å². The van der Waals surface area contributed by atoms with Crippen molar-refractivity contribution in [1.29, 1.82) is 0 Å². The zero-order chi connectivity index (χ0) is 16.1. The molecule has 0 nitrogen and oxygen atoms in total. The quantitative estimate of drug-likeness (QED) is 0.228. The summed E-state index contributed by atoms with van der Waals surface area (Å²) in [7, 11) is 0. The number of alkyl halides is 1. The first-order valence-electron chi connectivity index (χ1n) is 8.17. The van der Waals surface area contributed by atoms with Crippen LogP contribution in [-0.2, 0) is 5.33 Å². The summed E-state index contributed by atoms with van der Waals surface area (Å²) in [6, 6.07) is 28.7. The molecular formula is C23H15Br. The van der Waals surface area contributed by atoms with Gasteiger partial charge in [0, 0.05) is 5.33 Å². The predicted octanol–water partition coefficient (Wildman–Crippen LogP) is 7.15. The molecule has 5 aromatic carbocycles. The van der Waals surface area contributed by atoms with Gasteiger partial charge in [0.15, 0.2) is 0 Å². The van der Waals surface area contributed by atoms with Gasteiger partial charge in [-0.1, -0.05) is 94.8 Å². The molecule has 0 saturated heterocycles. The number of hydrogen-bond acceptors (Lipinski definition) is 0. The molecule has 0 radical (unpaired) electrons. The summed E-state index contributed by atoms with van der Waals surface area (Å²) in [5.74, 6) is 0. The van der Waals surface area contributed by atoms with Crippen LogP contribution in [0.2, 0.25) is 0 Å². The van der Waals surface area contributed by atoms with Gasteiger partial charge >= 0.3 is 0 Å². The number of benzene rings is 5. The van der Waals surface area contributed by atoms with E-state index in [0.29, 0.717) is 0 Å². The highest BCUT2D eigenvalue weighted by Crippen LogP contribution is 2.40. The second kappa shape index (κ2) is 5.32. The van der Waals surface area contributed by atoms with Crippen molar-refractivity contribution < 1.29 is 0 Å². The Hall–Kier alpha value is -2.38. The summed E-state index contributed by atoms with van der Waals surface area (Å²) in [5.41, 5.74) is 3.95. The van der Waals surface area contributed by atoms with Gasteiger partial charge in [-0.15, -0.1) is 0 Å². The molecule has 0 aromatic heterocycles. The molecule has 0 unspecified atom stereocenters. The SMILES string of the molecule is BrCc1ccccc1-c1ccc2ccc3cccc4ccc1c2c34. The lowest BCUT2D eigenvalue weighted by atomic mass is 9.89. The molecule has 0 saturated carbocycles. The highest BCUT2D eigenvalue weighted by Gasteiger charge is 2.13. The minimum Gasteiger partial charge on any atom is -0.0876 e. The summed E-state index contributed by atoms with van der Waals surface area (Å²) in [6.07, 6.45) is 0. The molecule has 5 rings (SSSR count). The van der Waals surface area contributed by atoms with Crippen LogP contribution < -0.4 is 0 Å². The molecule has 0 N–H and O–H groups in total. The fraction of sp³-hybridized carbons (Fsp3) is 0.0435. The Morgan fingerprint density at radius 3 is 2.00 bits per heavy atom. The predicted molar refractivity (Wildman–Crippen MR) is 108 cm³/mol. The Balaban J connectivity index is 1.98. The van der Waals surface area contributed by atoms with E-state index in [1.54, 1.807) is 0 Å². The van der Waals surface area contributed by atoms with Crippen LogP contribution in [-0.4, -0.2) is 0 Å². The summed E-state index contributed by atoms with van der Waals surface area (Å²) in [5, 5.41) is 8.91. The molecule has 0 amide bonds. The Labute approximate surface area is 149 Å². The smallest absolute Gasteiger partial charge is 0.0289 e. The van der Waals surface area contributed by atoms with Gasteiger partial charge < -0.3 is 0 Å². The fourth-order valence-corrected chi connectivity index (χ4v) is 4.36. The summed E-state index contributed by atoms with van der Waals surface area (Å²) in [4.78, 5) is 0. The van der Waals surface area contributed by atoms with Crippen LogP contribution in [0.5, 0.6) is 0 Å². The third-order valence-corrected chi connectivity index (χ3v) is 5.58. The minimum absolute atomic E-state index is 0.866. The maximum Gasteiger partial charge on any atom is 0.0289 e. The van der Waals surface area contributed by atoms with E-state index >= 15 is 0 Å². The maximum absolute atomic E-state index is 3.64. The van der Waals surface area contributed by atoms with E-state index in [1.807, 2.05) is 0 Å². The van der Waals surface area contributed by atoms with Gasteiger partial charge in [-0.05, 0) is 49.0 Å². The van der Waals surface area contributed by atoms with E-state index < -0.39 is 0 Å². The van der Waals surface area contributed by atoms with E-state index in [0.717, 1.165) is 5.33 Å². The molecule has 0 bridgehead atoms. The van der Waals surface area contributed by atoms with E-state index in [4.69, 9.17) is 0 Å². The summed E-state index contributed by atoms with van der Waals surface area (Å²) >= 11 is 3.64. The molecule has 114 valence electrons. The van der Waals surface area contributed by atoms with Crippen LogP contribution in [0.3, 0.4) is 0 Å². The lowest BCUT2D eigenvalue weighted by Gasteiger charge is -2.15. The third-order valence-electron chi connectivity index (χ3n) is 4.98. The zero-order valence-corrected chi connectivity index (χ0v) is 14.7. The largest absolute Gasteiger partial charge is 0.0876 e. The molecule has 0 spiro atoms. The van der Waals surface area contributed by atoms with Crippen molar-refractivity contribution in [3.8, 4) is 11.1 Å². The van der Waals surface area contributed by atoms with Crippen LogP contribution >= 0.6 is 15.9 Å². The lowest BCUT2D eigenvalue weighted by molar-refractivity contribution is 1.44. The Morgan fingerprint density at radius 2 is 1.21 bits per heavy atom. The molecule has 0 aliphatic carbocycles. The monoisotopic (exact) mass is 370 g/mol. The van der Waals surface area contributed by atoms with Gasteiger partial charge in [0.2, 0.25) is 0 Å². The van der Waals surface area contributed by atoms with Crippen LogP contribution in [0.4, 0.5) is 0 Å². The molecule has 24 heavy (non-hydrogen) atoms. The summed E-state index contributed by atoms with van der Waals surface area (Å²) < 4.78 is 0. The third kappa shape index (κ3) is 1.91. The molecule has 0 aliphatic rings. The van der Waals surface area contributed by atoms with E-state index in [-0.39, 0.29) is 0 Å². The number of halogens is 1. The van der Waals surface area contributed by atoms with Gasteiger partial charge in [0.25, 0.3) is 0 Å². The second-order valence-corrected chi connectivity index (χ2v) is 6.82. The van der Waals surface area contributed by atoms with Crippen LogP contribution in [0.25, 0.3) is 43.4 Å². The molecular weight excluding hydrogens is 356 g/mol. The Bertz CT molecular complexity index is 1170. The lowest BCUT2D eigenvalue weighted by Crippen LogP contribution is -1.90. The van der Waals surface area contributed by atoms with Crippen LogP contribution in [0, 0.1) is 0 Å². The van der Waals surface area contributed by atoms with E-state index in [1.165, 1.54) is 49.0 Å².